The van der Waals surface area contributed by atoms with Gasteiger partial charge in [-0.2, -0.15) is 0 Å². The zero-order chi connectivity index (χ0) is 16.2. The summed E-state index contributed by atoms with van der Waals surface area (Å²) in [6.07, 6.45) is 3.78. The molecule has 0 saturated carbocycles. The Bertz CT molecular complexity index is 298. The molecular weight excluding hydrogens is 240 g/mol. The third-order valence-electron chi connectivity index (χ3n) is 3.70. The van der Waals surface area contributed by atoms with Crippen molar-refractivity contribution in [2.24, 2.45) is 11.3 Å². The molecule has 118 valence electrons. The second kappa shape index (κ2) is 12.0. The third-order valence-corrected chi connectivity index (χ3v) is 3.70. The van der Waals surface area contributed by atoms with Gasteiger partial charge in [-0.15, -0.1) is 0 Å². The molecule has 0 aliphatic heterocycles. The fraction of sp³-hybridized carbons (Fsp3) is 0.700. The molecule has 0 bridgehead atoms. The molecule has 0 atom stereocenters. The predicted octanol–water partition coefficient (Wildman–Crippen LogP) is 6.92. The minimum absolute atomic E-state index is 0.504. The van der Waals surface area contributed by atoms with E-state index in [9.17, 15) is 0 Å². The molecule has 0 radical (unpaired) electrons. The van der Waals surface area contributed by atoms with Gasteiger partial charge in [0.05, 0.1) is 0 Å². The van der Waals surface area contributed by atoms with Gasteiger partial charge in [0.1, 0.15) is 0 Å². The molecular formula is C20H38. The predicted molar refractivity (Wildman–Crippen MR) is 95.5 cm³/mol. The SMILES string of the molecule is CC.CC.CC(C)C1(C)Cc2ccccc2C1.CCC. The lowest BCUT2D eigenvalue weighted by atomic mass is 9.77. The van der Waals surface area contributed by atoms with Crippen molar-refractivity contribution in [2.75, 3.05) is 0 Å². The Hall–Kier alpha value is -0.780. The maximum atomic E-state index is 2.41. The normalized spacial score (nSPS) is 13.9. The summed E-state index contributed by atoms with van der Waals surface area (Å²) in [4.78, 5) is 0. The van der Waals surface area contributed by atoms with Gasteiger partial charge < -0.3 is 0 Å². The maximum Gasteiger partial charge on any atom is -0.0216 e. The van der Waals surface area contributed by atoms with Crippen LogP contribution in [-0.4, -0.2) is 0 Å². The molecule has 20 heavy (non-hydrogen) atoms. The standard InChI is InChI=1S/C13H18.C3H8.2C2H6/c1-10(2)13(3)8-11-6-4-5-7-12(11)9-13;1-3-2;2*1-2/h4-7,10H,8-9H2,1-3H3;3H2,1-2H3;2*1-2H3. The Morgan fingerprint density at radius 3 is 1.45 bits per heavy atom. The topological polar surface area (TPSA) is 0 Å². The van der Waals surface area contributed by atoms with Gasteiger partial charge in [0.2, 0.25) is 0 Å². The quantitative estimate of drug-likeness (QED) is 0.523. The molecule has 0 N–H and O–H groups in total. The summed E-state index contributed by atoms with van der Waals surface area (Å²) in [5, 5.41) is 0. The fourth-order valence-corrected chi connectivity index (χ4v) is 2.24. The number of benzene rings is 1. The van der Waals surface area contributed by atoms with Gasteiger partial charge in [0, 0.05) is 0 Å². The minimum atomic E-state index is 0.504. The van der Waals surface area contributed by atoms with Gasteiger partial charge >= 0.3 is 0 Å². The summed E-state index contributed by atoms with van der Waals surface area (Å²) in [7, 11) is 0. The van der Waals surface area contributed by atoms with Crippen molar-refractivity contribution in [1.82, 2.24) is 0 Å². The van der Waals surface area contributed by atoms with E-state index in [0.29, 0.717) is 5.41 Å². The Balaban J connectivity index is 0. The largest absolute Gasteiger partial charge is 0.0683 e. The smallest absolute Gasteiger partial charge is 0.0216 e. The van der Waals surface area contributed by atoms with Crippen LogP contribution in [0.15, 0.2) is 24.3 Å². The van der Waals surface area contributed by atoms with Crippen molar-refractivity contribution in [3.05, 3.63) is 35.4 Å². The summed E-state index contributed by atoms with van der Waals surface area (Å²) in [5.41, 5.74) is 3.64. The van der Waals surface area contributed by atoms with Crippen LogP contribution in [0.2, 0.25) is 0 Å². The van der Waals surface area contributed by atoms with E-state index in [-0.39, 0.29) is 0 Å². The molecule has 1 aliphatic rings. The Morgan fingerprint density at radius 2 is 1.20 bits per heavy atom. The summed E-state index contributed by atoms with van der Waals surface area (Å²) < 4.78 is 0. The first-order valence-corrected chi connectivity index (χ1v) is 8.60. The van der Waals surface area contributed by atoms with E-state index in [2.05, 4.69) is 58.9 Å². The first-order valence-electron chi connectivity index (χ1n) is 8.60. The van der Waals surface area contributed by atoms with Crippen LogP contribution in [0.5, 0.6) is 0 Å². The van der Waals surface area contributed by atoms with Crippen LogP contribution in [0.1, 0.15) is 79.9 Å². The van der Waals surface area contributed by atoms with Crippen LogP contribution >= 0.6 is 0 Å². The Labute approximate surface area is 129 Å². The van der Waals surface area contributed by atoms with Crippen molar-refractivity contribution in [3.8, 4) is 0 Å². The van der Waals surface area contributed by atoms with Crippen molar-refractivity contribution in [1.29, 1.82) is 0 Å². The van der Waals surface area contributed by atoms with Crippen molar-refractivity contribution in [2.45, 2.75) is 81.6 Å². The zero-order valence-electron chi connectivity index (χ0n) is 15.5. The first-order chi connectivity index (χ1) is 9.53. The van der Waals surface area contributed by atoms with E-state index >= 15 is 0 Å². The Morgan fingerprint density at radius 1 is 0.900 bits per heavy atom. The number of rotatable bonds is 1. The molecule has 1 aromatic carbocycles. The first kappa shape index (κ1) is 21.5. The lowest BCUT2D eigenvalue weighted by Crippen LogP contribution is -2.23. The lowest BCUT2D eigenvalue weighted by molar-refractivity contribution is 0.234. The molecule has 1 aliphatic carbocycles. The second-order valence-electron chi connectivity index (χ2n) is 5.64. The van der Waals surface area contributed by atoms with Gasteiger partial charge in [-0.1, -0.05) is 93.0 Å². The van der Waals surface area contributed by atoms with E-state index in [1.807, 2.05) is 27.7 Å². The molecule has 0 unspecified atom stereocenters. The number of hydrogen-bond acceptors (Lipinski definition) is 0. The molecule has 0 nitrogen and oxygen atoms in total. The molecule has 0 spiro atoms. The monoisotopic (exact) mass is 278 g/mol. The van der Waals surface area contributed by atoms with Gasteiger partial charge in [-0.05, 0) is 35.3 Å². The highest BCUT2D eigenvalue weighted by molar-refractivity contribution is 5.34. The van der Waals surface area contributed by atoms with Crippen molar-refractivity contribution < 1.29 is 0 Å². The van der Waals surface area contributed by atoms with Crippen molar-refractivity contribution in [3.63, 3.8) is 0 Å². The molecule has 0 heteroatoms. The average Bonchev–Trinajstić information content (AvgIpc) is 2.82. The lowest BCUT2D eigenvalue weighted by Gasteiger charge is -2.28. The summed E-state index contributed by atoms with van der Waals surface area (Å²) in [6.45, 7) is 19.3. The van der Waals surface area contributed by atoms with E-state index < -0.39 is 0 Å². The van der Waals surface area contributed by atoms with Gasteiger partial charge in [-0.25, -0.2) is 0 Å². The highest BCUT2D eigenvalue weighted by Gasteiger charge is 2.34. The molecule has 0 amide bonds. The van der Waals surface area contributed by atoms with Crippen LogP contribution in [0.3, 0.4) is 0 Å². The number of hydrogen-bond donors (Lipinski definition) is 0. The van der Waals surface area contributed by atoms with Crippen LogP contribution in [0.25, 0.3) is 0 Å². The van der Waals surface area contributed by atoms with E-state index in [1.165, 1.54) is 19.3 Å². The molecule has 1 aromatic rings. The highest BCUT2D eigenvalue weighted by atomic mass is 14.4. The molecule has 0 fully saturated rings. The van der Waals surface area contributed by atoms with E-state index in [1.54, 1.807) is 11.1 Å². The van der Waals surface area contributed by atoms with Gasteiger partial charge in [0.25, 0.3) is 0 Å². The van der Waals surface area contributed by atoms with Crippen molar-refractivity contribution >= 4 is 0 Å². The zero-order valence-corrected chi connectivity index (χ0v) is 15.5. The third kappa shape index (κ3) is 6.59. The fourth-order valence-electron chi connectivity index (χ4n) is 2.24. The Kier molecular flexibility index (Phi) is 12.9. The minimum Gasteiger partial charge on any atom is -0.0683 e. The summed E-state index contributed by atoms with van der Waals surface area (Å²) in [6, 6.07) is 8.88. The molecule has 2 rings (SSSR count). The molecule has 0 saturated heterocycles. The molecule has 0 aromatic heterocycles. The van der Waals surface area contributed by atoms with Crippen LogP contribution in [-0.2, 0) is 12.8 Å². The molecule has 0 heterocycles. The van der Waals surface area contributed by atoms with E-state index in [0.717, 1.165) is 5.92 Å². The van der Waals surface area contributed by atoms with Gasteiger partial charge in [0.15, 0.2) is 0 Å². The average molecular weight is 279 g/mol. The summed E-state index contributed by atoms with van der Waals surface area (Å²) >= 11 is 0. The van der Waals surface area contributed by atoms with E-state index in [4.69, 9.17) is 0 Å². The van der Waals surface area contributed by atoms with Crippen LogP contribution < -0.4 is 0 Å². The number of fused-ring (bicyclic) bond motifs is 1. The van der Waals surface area contributed by atoms with Gasteiger partial charge in [-0.3, -0.25) is 0 Å². The van der Waals surface area contributed by atoms with Crippen LogP contribution in [0.4, 0.5) is 0 Å². The maximum absolute atomic E-state index is 2.41. The van der Waals surface area contributed by atoms with Crippen LogP contribution in [0, 0.1) is 11.3 Å². The second-order valence-corrected chi connectivity index (χ2v) is 5.64. The highest BCUT2D eigenvalue weighted by Crippen LogP contribution is 2.41. The summed E-state index contributed by atoms with van der Waals surface area (Å²) in [5.74, 6) is 0.778.